The molecular formula is C10H14N2O2S. The molecule has 1 aromatic rings. The molecule has 0 unspecified atom stereocenters. The second-order valence-electron chi connectivity index (χ2n) is 3.03. The zero-order valence-electron chi connectivity index (χ0n) is 8.51. The topological polar surface area (TPSA) is 62.2 Å². The summed E-state index contributed by atoms with van der Waals surface area (Å²) in [6.45, 7) is 0. The first-order valence-electron chi connectivity index (χ1n) is 4.63. The summed E-state index contributed by atoms with van der Waals surface area (Å²) in [5.74, 6) is 0.581. The highest BCUT2D eigenvalue weighted by molar-refractivity contribution is 7.98. The van der Waals surface area contributed by atoms with Crippen LogP contribution in [0.5, 0.6) is 0 Å². The molecule has 0 radical (unpaired) electrons. The number of aromatic nitrogens is 1. The summed E-state index contributed by atoms with van der Waals surface area (Å²) in [6, 6.07) is 4.81. The number of pyridine rings is 1. The highest BCUT2D eigenvalue weighted by Crippen LogP contribution is 2.08. The molecule has 0 spiro atoms. The minimum absolute atomic E-state index is 0.563. The van der Waals surface area contributed by atoms with Crippen molar-refractivity contribution in [2.24, 2.45) is 0 Å². The molecule has 0 amide bonds. The largest absolute Gasteiger partial charge is 0.480 e. The van der Waals surface area contributed by atoms with Gasteiger partial charge in [-0.05, 0) is 30.6 Å². The van der Waals surface area contributed by atoms with E-state index in [1.165, 1.54) is 0 Å². The van der Waals surface area contributed by atoms with Gasteiger partial charge in [-0.15, -0.1) is 0 Å². The van der Waals surface area contributed by atoms with E-state index in [-0.39, 0.29) is 0 Å². The van der Waals surface area contributed by atoms with Gasteiger partial charge in [-0.2, -0.15) is 11.8 Å². The van der Waals surface area contributed by atoms with Crippen LogP contribution in [0, 0.1) is 0 Å². The van der Waals surface area contributed by atoms with Crippen LogP contribution in [0.3, 0.4) is 0 Å². The fourth-order valence-corrected chi connectivity index (χ4v) is 1.59. The molecule has 4 nitrogen and oxygen atoms in total. The lowest BCUT2D eigenvalue weighted by molar-refractivity contribution is -0.137. The van der Waals surface area contributed by atoms with E-state index in [1.807, 2.05) is 12.3 Å². The van der Waals surface area contributed by atoms with E-state index in [4.69, 9.17) is 5.11 Å². The SMILES string of the molecule is CSCC[C@H](Nc1ccccn1)C(=O)O. The van der Waals surface area contributed by atoms with Gasteiger partial charge in [0.05, 0.1) is 0 Å². The van der Waals surface area contributed by atoms with Crippen LogP contribution in [0.15, 0.2) is 24.4 Å². The third-order valence-electron chi connectivity index (χ3n) is 1.90. The smallest absolute Gasteiger partial charge is 0.326 e. The summed E-state index contributed by atoms with van der Waals surface area (Å²) in [5, 5.41) is 11.9. The molecule has 1 aromatic heterocycles. The molecule has 15 heavy (non-hydrogen) atoms. The number of aliphatic carboxylic acids is 1. The average Bonchev–Trinajstić information content (AvgIpc) is 2.25. The van der Waals surface area contributed by atoms with Crippen molar-refractivity contribution in [1.82, 2.24) is 4.98 Å². The number of hydrogen-bond acceptors (Lipinski definition) is 4. The second kappa shape index (κ2) is 6.29. The molecule has 0 bridgehead atoms. The first kappa shape index (κ1) is 11.8. The van der Waals surface area contributed by atoms with Gasteiger partial charge in [0, 0.05) is 6.20 Å². The molecule has 0 aromatic carbocycles. The molecule has 0 fully saturated rings. The Morgan fingerprint density at radius 3 is 3.00 bits per heavy atom. The number of hydrogen-bond donors (Lipinski definition) is 2. The standard InChI is InChI=1S/C10H14N2O2S/c1-15-7-5-8(10(13)14)12-9-4-2-3-6-11-9/h2-4,6,8H,5,7H2,1H3,(H,11,12)(H,13,14)/t8-/m0/s1. The predicted molar refractivity (Wildman–Crippen MR) is 62.3 cm³/mol. The normalized spacial score (nSPS) is 12.1. The Morgan fingerprint density at radius 1 is 1.67 bits per heavy atom. The number of anilines is 1. The summed E-state index contributed by atoms with van der Waals surface area (Å²) in [5.41, 5.74) is 0. The molecule has 0 aliphatic carbocycles. The Kier molecular flexibility index (Phi) is 4.97. The maximum Gasteiger partial charge on any atom is 0.326 e. The number of rotatable bonds is 6. The van der Waals surface area contributed by atoms with Crippen LogP contribution in [0.2, 0.25) is 0 Å². The first-order chi connectivity index (χ1) is 7.24. The van der Waals surface area contributed by atoms with Crippen LogP contribution in [-0.4, -0.2) is 34.1 Å². The highest BCUT2D eigenvalue weighted by Gasteiger charge is 2.16. The lowest BCUT2D eigenvalue weighted by Crippen LogP contribution is -2.30. The molecule has 1 heterocycles. The molecule has 1 atom stereocenters. The Balaban J connectivity index is 2.55. The Labute approximate surface area is 93.1 Å². The Morgan fingerprint density at radius 2 is 2.47 bits per heavy atom. The van der Waals surface area contributed by atoms with Crippen LogP contribution in [0.1, 0.15) is 6.42 Å². The number of carbonyl (C=O) groups is 1. The van der Waals surface area contributed by atoms with Gasteiger partial charge in [0.2, 0.25) is 0 Å². The second-order valence-corrected chi connectivity index (χ2v) is 4.02. The van der Waals surface area contributed by atoms with Gasteiger partial charge in [-0.25, -0.2) is 9.78 Å². The van der Waals surface area contributed by atoms with Crippen molar-refractivity contribution in [3.8, 4) is 0 Å². The van der Waals surface area contributed by atoms with Gasteiger partial charge in [0.15, 0.2) is 0 Å². The third-order valence-corrected chi connectivity index (χ3v) is 2.54. The molecule has 82 valence electrons. The van der Waals surface area contributed by atoms with E-state index in [0.29, 0.717) is 12.2 Å². The summed E-state index contributed by atoms with van der Waals surface area (Å²) in [4.78, 5) is 14.9. The molecule has 1 rings (SSSR count). The number of carboxylic acid groups (broad SMARTS) is 1. The van der Waals surface area contributed by atoms with Crippen molar-refractivity contribution in [3.63, 3.8) is 0 Å². The van der Waals surface area contributed by atoms with Crippen LogP contribution in [0.25, 0.3) is 0 Å². The number of carboxylic acids is 1. The van der Waals surface area contributed by atoms with Crippen LogP contribution in [-0.2, 0) is 4.79 Å². The zero-order valence-corrected chi connectivity index (χ0v) is 9.33. The zero-order chi connectivity index (χ0) is 11.1. The van der Waals surface area contributed by atoms with Crippen LogP contribution >= 0.6 is 11.8 Å². The van der Waals surface area contributed by atoms with Crippen molar-refractivity contribution >= 4 is 23.5 Å². The van der Waals surface area contributed by atoms with Gasteiger partial charge >= 0.3 is 5.97 Å². The third kappa shape index (κ3) is 4.20. The van der Waals surface area contributed by atoms with Crippen molar-refractivity contribution in [2.75, 3.05) is 17.3 Å². The molecule has 0 aliphatic rings. The summed E-state index contributed by atoms with van der Waals surface area (Å²) < 4.78 is 0. The number of nitrogens with one attached hydrogen (secondary N) is 1. The van der Waals surface area contributed by atoms with E-state index < -0.39 is 12.0 Å². The van der Waals surface area contributed by atoms with E-state index in [9.17, 15) is 4.79 Å². The van der Waals surface area contributed by atoms with Crippen molar-refractivity contribution in [2.45, 2.75) is 12.5 Å². The highest BCUT2D eigenvalue weighted by atomic mass is 32.2. The lowest BCUT2D eigenvalue weighted by Gasteiger charge is -2.13. The van der Waals surface area contributed by atoms with E-state index in [0.717, 1.165) is 5.75 Å². The monoisotopic (exact) mass is 226 g/mol. The summed E-state index contributed by atoms with van der Waals surface area (Å²) >= 11 is 1.63. The van der Waals surface area contributed by atoms with Crippen molar-refractivity contribution < 1.29 is 9.90 Å². The van der Waals surface area contributed by atoms with E-state index in [2.05, 4.69) is 10.3 Å². The van der Waals surface area contributed by atoms with Crippen molar-refractivity contribution in [3.05, 3.63) is 24.4 Å². The van der Waals surface area contributed by atoms with E-state index >= 15 is 0 Å². The Hall–Kier alpha value is -1.23. The molecule has 2 N–H and O–H groups in total. The summed E-state index contributed by atoms with van der Waals surface area (Å²) in [7, 11) is 0. The minimum atomic E-state index is -0.838. The fourth-order valence-electron chi connectivity index (χ4n) is 1.12. The maximum absolute atomic E-state index is 10.9. The van der Waals surface area contributed by atoms with E-state index in [1.54, 1.807) is 30.1 Å². The number of nitrogens with zero attached hydrogens (tertiary/aromatic N) is 1. The van der Waals surface area contributed by atoms with Crippen molar-refractivity contribution in [1.29, 1.82) is 0 Å². The lowest BCUT2D eigenvalue weighted by atomic mass is 10.2. The van der Waals surface area contributed by atoms with Gasteiger partial charge in [0.1, 0.15) is 11.9 Å². The molecule has 0 saturated heterocycles. The minimum Gasteiger partial charge on any atom is -0.480 e. The molecule has 0 aliphatic heterocycles. The van der Waals surface area contributed by atoms with Gasteiger partial charge < -0.3 is 10.4 Å². The predicted octanol–water partition coefficient (Wildman–Crippen LogP) is 1.70. The molecule has 5 heteroatoms. The fraction of sp³-hybridized carbons (Fsp3) is 0.400. The van der Waals surface area contributed by atoms with Crippen LogP contribution < -0.4 is 5.32 Å². The van der Waals surface area contributed by atoms with Gasteiger partial charge in [-0.1, -0.05) is 6.07 Å². The molecule has 0 saturated carbocycles. The quantitative estimate of drug-likeness (QED) is 0.773. The number of thioether (sulfide) groups is 1. The maximum atomic E-state index is 10.9. The summed E-state index contributed by atoms with van der Waals surface area (Å²) in [6.07, 6.45) is 4.18. The average molecular weight is 226 g/mol. The van der Waals surface area contributed by atoms with Crippen LogP contribution in [0.4, 0.5) is 5.82 Å². The first-order valence-corrected chi connectivity index (χ1v) is 6.02. The van der Waals surface area contributed by atoms with Gasteiger partial charge in [-0.3, -0.25) is 0 Å². The van der Waals surface area contributed by atoms with Gasteiger partial charge in [0.25, 0.3) is 0 Å². The molecular weight excluding hydrogens is 212 g/mol. The Bertz CT molecular complexity index is 306.